The highest BCUT2D eigenvalue weighted by molar-refractivity contribution is 6.05. The van der Waals surface area contributed by atoms with Crippen LogP contribution in [0.1, 0.15) is 64.7 Å². The molecule has 2 fully saturated rings. The number of nitrogens with one attached hydrogen (secondary N) is 1. The molecular formula is C41H44F3N5O7. The molecule has 2 aromatic carbocycles. The summed E-state index contributed by atoms with van der Waals surface area (Å²) in [7, 11) is 0. The van der Waals surface area contributed by atoms with Crippen molar-refractivity contribution in [1.82, 2.24) is 19.8 Å². The maximum Gasteiger partial charge on any atom is 0.410 e. The number of nitrogens with zero attached hydrogens (tertiary/aromatic N) is 4. The highest BCUT2D eigenvalue weighted by Crippen LogP contribution is 2.39. The monoisotopic (exact) mass is 775 g/mol. The van der Waals surface area contributed by atoms with E-state index in [2.05, 4.69) is 15.3 Å². The fourth-order valence-corrected chi connectivity index (χ4v) is 6.94. The van der Waals surface area contributed by atoms with Crippen molar-refractivity contribution in [1.29, 1.82) is 0 Å². The second-order valence-corrected chi connectivity index (χ2v) is 15.9. The van der Waals surface area contributed by atoms with Gasteiger partial charge in [-0.3, -0.25) is 4.79 Å². The number of halogens is 3. The quantitative estimate of drug-likeness (QED) is 0.180. The summed E-state index contributed by atoms with van der Waals surface area (Å²) in [6.45, 7) is 12.0. The van der Waals surface area contributed by atoms with E-state index in [-0.39, 0.29) is 47.2 Å². The maximum atomic E-state index is 14.5. The van der Waals surface area contributed by atoms with E-state index in [9.17, 15) is 32.7 Å². The third kappa shape index (κ3) is 9.15. The van der Waals surface area contributed by atoms with Gasteiger partial charge >= 0.3 is 12.2 Å². The first-order chi connectivity index (χ1) is 26.4. The molecule has 0 aliphatic carbocycles. The van der Waals surface area contributed by atoms with Gasteiger partial charge in [-0.05, 0) is 73.7 Å². The first-order valence-electron chi connectivity index (χ1n) is 18.2. The molecule has 2 N–H and O–H groups in total. The van der Waals surface area contributed by atoms with Gasteiger partial charge in [-0.2, -0.15) is 0 Å². The molecule has 3 amide bonds. The van der Waals surface area contributed by atoms with Crippen LogP contribution >= 0.6 is 0 Å². The number of carbonyl (C=O) groups is 3. The smallest absolute Gasteiger partial charge is 0.410 e. The predicted octanol–water partition coefficient (Wildman–Crippen LogP) is 8.41. The van der Waals surface area contributed by atoms with Crippen LogP contribution in [0.2, 0.25) is 0 Å². The Balaban J connectivity index is 1.28. The van der Waals surface area contributed by atoms with E-state index in [1.807, 2.05) is 20.8 Å². The van der Waals surface area contributed by atoms with Crippen molar-refractivity contribution < 1.29 is 46.9 Å². The lowest BCUT2D eigenvalue weighted by Crippen LogP contribution is -2.48. The summed E-state index contributed by atoms with van der Waals surface area (Å²) in [6.07, 6.45) is 0.973. The van der Waals surface area contributed by atoms with Crippen molar-refractivity contribution in [3.63, 3.8) is 0 Å². The van der Waals surface area contributed by atoms with Crippen molar-refractivity contribution in [3.05, 3.63) is 90.0 Å². The number of pyridine rings is 2. The lowest BCUT2D eigenvalue weighted by atomic mass is 9.84. The zero-order chi connectivity index (χ0) is 40.5. The molecule has 15 heteroatoms. The number of rotatable bonds is 8. The van der Waals surface area contributed by atoms with Crippen LogP contribution in [0, 0.1) is 22.9 Å². The van der Waals surface area contributed by atoms with Crippen molar-refractivity contribution in [3.8, 4) is 34.0 Å². The topological polar surface area (TPSA) is 143 Å². The first kappa shape index (κ1) is 39.8. The zero-order valence-electron chi connectivity index (χ0n) is 31.9. The van der Waals surface area contributed by atoms with Crippen LogP contribution in [0.25, 0.3) is 22.3 Å². The maximum absolute atomic E-state index is 14.5. The molecule has 4 heterocycles. The molecule has 12 nitrogen and oxygen atoms in total. The number of ether oxygens (including phenoxy) is 3. The minimum atomic E-state index is -1.11. The van der Waals surface area contributed by atoms with E-state index < -0.39 is 64.8 Å². The molecule has 6 rings (SSSR count). The summed E-state index contributed by atoms with van der Waals surface area (Å²) < 4.78 is 60.5. The van der Waals surface area contributed by atoms with Crippen LogP contribution in [-0.2, 0) is 4.74 Å². The number of anilines is 1. The molecular weight excluding hydrogens is 731 g/mol. The Hall–Kier alpha value is -5.86. The summed E-state index contributed by atoms with van der Waals surface area (Å²) in [6, 6.07) is 11.5. The molecule has 1 unspecified atom stereocenters. The largest absolute Gasteiger partial charge is 0.472 e. The molecule has 4 aromatic rings. The average Bonchev–Trinajstić information content (AvgIpc) is 3.78. The molecule has 0 spiro atoms. The van der Waals surface area contributed by atoms with E-state index in [4.69, 9.17) is 14.2 Å². The first-order valence-corrected chi connectivity index (χ1v) is 18.2. The number of hydrogen-bond donors (Lipinski definition) is 2. The number of benzene rings is 2. The van der Waals surface area contributed by atoms with E-state index in [1.165, 1.54) is 58.6 Å². The molecule has 296 valence electrons. The molecule has 2 saturated heterocycles. The third-order valence-corrected chi connectivity index (χ3v) is 9.42. The number of hydrogen-bond acceptors (Lipinski definition) is 8. The number of amides is 3. The van der Waals surface area contributed by atoms with E-state index in [1.54, 1.807) is 26.8 Å². The fourth-order valence-electron chi connectivity index (χ4n) is 6.94. The molecule has 2 aromatic heterocycles. The lowest BCUT2D eigenvalue weighted by Gasteiger charge is -2.36. The molecule has 2 aliphatic heterocycles. The number of carbonyl (C=O) groups excluding carboxylic acids is 2. The van der Waals surface area contributed by atoms with Gasteiger partial charge in [0.1, 0.15) is 23.6 Å². The van der Waals surface area contributed by atoms with Gasteiger partial charge in [0, 0.05) is 43.3 Å². The summed E-state index contributed by atoms with van der Waals surface area (Å²) in [5.41, 5.74) is 0.518. The van der Waals surface area contributed by atoms with Crippen molar-refractivity contribution in [2.75, 3.05) is 25.0 Å². The summed E-state index contributed by atoms with van der Waals surface area (Å²) in [5, 5.41) is 12.7. The van der Waals surface area contributed by atoms with Gasteiger partial charge in [0.2, 0.25) is 11.8 Å². The molecule has 2 aliphatic rings. The molecule has 0 saturated carbocycles. The van der Waals surface area contributed by atoms with Gasteiger partial charge < -0.3 is 34.4 Å². The fraction of sp³-hybridized carbons (Fsp3) is 0.390. The minimum absolute atomic E-state index is 0.0484. The second-order valence-electron chi connectivity index (χ2n) is 15.9. The van der Waals surface area contributed by atoms with E-state index in [0.717, 1.165) is 12.1 Å². The Morgan fingerprint density at radius 1 is 0.804 bits per heavy atom. The van der Waals surface area contributed by atoms with Gasteiger partial charge in [-0.15, -0.1) is 0 Å². The Kier molecular flexibility index (Phi) is 11.2. The second kappa shape index (κ2) is 15.7. The number of carboxylic acid groups (broad SMARTS) is 1. The summed E-state index contributed by atoms with van der Waals surface area (Å²) >= 11 is 0. The third-order valence-electron chi connectivity index (χ3n) is 9.42. The molecule has 0 radical (unpaired) electrons. The highest BCUT2D eigenvalue weighted by atomic mass is 19.2. The van der Waals surface area contributed by atoms with E-state index >= 15 is 0 Å². The Labute approximate surface area is 322 Å². The van der Waals surface area contributed by atoms with Gasteiger partial charge in [0.25, 0.3) is 5.91 Å². The standard InChI is InChI=1S/C41H44F3N5O7/c1-40(2,3)34-33(14-16-49(34)38(51)52)55-37-30(23-7-10-26(42)11-8-23)19-27(21-46-37)47-35(50)25-17-29(24-9-12-31(43)32(44)18-24)36(45-20-25)54-28-13-15-48(22-28)39(53)56-41(4,5)6/h7-12,17-21,28,33-34H,13-16,22H2,1-6H3,(H,47,50)(H,51,52)/t28-,33?,34+/m0/s1. The predicted molar refractivity (Wildman–Crippen MR) is 201 cm³/mol. The van der Waals surface area contributed by atoms with Crippen molar-refractivity contribution >= 4 is 23.8 Å². The molecule has 56 heavy (non-hydrogen) atoms. The highest BCUT2D eigenvalue weighted by Gasteiger charge is 2.46. The van der Waals surface area contributed by atoms with Crippen LogP contribution in [-0.4, -0.2) is 86.5 Å². The molecule has 0 bridgehead atoms. The lowest BCUT2D eigenvalue weighted by molar-refractivity contribution is 0.0274. The van der Waals surface area contributed by atoms with Crippen LogP contribution in [0.3, 0.4) is 0 Å². The number of likely N-dealkylation sites (tertiary alicyclic amines) is 2. The van der Waals surface area contributed by atoms with Crippen molar-refractivity contribution in [2.45, 2.75) is 78.2 Å². The summed E-state index contributed by atoms with van der Waals surface area (Å²) in [5.74, 6) is -3.02. The van der Waals surface area contributed by atoms with Crippen molar-refractivity contribution in [2.24, 2.45) is 5.41 Å². The zero-order valence-corrected chi connectivity index (χ0v) is 31.9. The number of aromatic nitrogens is 2. The summed E-state index contributed by atoms with van der Waals surface area (Å²) in [4.78, 5) is 50.3. The van der Waals surface area contributed by atoms with Gasteiger partial charge in [-0.1, -0.05) is 39.0 Å². The SMILES string of the molecule is CC(C)(C)OC(=O)N1CC[C@H](Oc2ncc(C(=O)Nc3cnc(OC4CCN(C(=O)O)[C@H]4C(C)(C)C)c(-c4ccc(F)cc4)c3)cc2-c2ccc(F)c(F)c2)C1. The van der Waals surface area contributed by atoms with Crippen LogP contribution < -0.4 is 14.8 Å². The molecule has 3 atom stereocenters. The van der Waals surface area contributed by atoms with Crippen LogP contribution in [0.4, 0.5) is 28.4 Å². The Morgan fingerprint density at radius 3 is 2.12 bits per heavy atom. The van der Waals surface area contributed by atoms with E-state index in [0.29, 0.717) is 30.5 Å². The van der Waals surface area contributed by atoms with Crippen LogP contribution in [0.5, 0.6) is 11.8 Å². The van der Waals surface area contributed by atoms with Crippen LogP contribution in [0.15, 0.2) is 67.0 Å². The Morgan fingerprint density at radius 2 is 1.46 bits per heavy atom. The average molecular weight is 776 g/mol. The minimum Gasteiger partial charge on any atom is -0.472 e. The normalized spacial score (nSPS) is 18.5. The van der Waals surface area contributed by atoms with Gasteiger partial charge in [0.05, 0.1) is 30.0 Å². The van der Waals surface area contributed by atoms with Gasteiger partial charge in [-0.25, -0.2) is 32.7 Å². The Bertz CT molecular complexity index is 2120. The van der Waals surface area contributed by atoms with Gasteiger partial charge in [0.15, 0.2) is 11.6 Å².